The minimum atomic E-state index is 0.605. The summed E-state index contributed by atoms with van der Waals surface area (Å²) in [5, 5.41) is 2.53. The number of fused-ring (bicyclic) bond motifs is 1. The third kappa shape index (κ3) is 3.08. The van der Waals surface area contributed by atoms with Crippen LogP contribution >= 0.6 is 35.0 Å². The zero-order valence-electron chi connectivity index (χ0n) is 11.6. The first-order chi connectivity index (χ1) is 10.2. The first kappa shape index (κ1) is 14.8. The van der Waals surface area contributed by atoms with Gasteiger partial charge in [0.15, 0.2) is 0 Å². The van der Waals surface area contributed by atoms with Crippen molar-refractivity contribution in [3.05, 3.63) is 64.3 Å². The fourth-order valence-electron chi connectivity index (χ4n) is 2.38. The zero-order chi connectivity index (χ0) is 14.8. The number of hydrogen-bond donors (Lipinski definition) is 0. The highest BCUT2D eigenvalue weighted by Gasteiger charge is 2.08. The number of thioether (sulfide) groups is 1. The van der Waals surface area contributed by atoms with E-state index in [-0.39, 0.29) is 0 Å². The Bertz CT molecular complexity index is 780. The van der Waals surface area contributed by atoms with E-state index in [1.807, 2.05) is 30.0 Å². The molecule has 0 spiro atoms. The van der Waals surface area contributed by atoms with Crippen LogP contribution in [0.25, 0.3) is 10.9 Å². The maximum Gasteiger partial charge on any atom is 0.0595 e. The summed E-state index contributed by atoms with van der Waals surface area (Å²) in [4.78, 5) is 1.30. The summed E-state index contributed by atoms with van der Waals surface area (Å²) >= 11 is 13.9. The average molecular weight is 336 g/mol. The second-order valence-electron chi connectivity index (χ2n) is 4.83. The van der Waals surface area contributed by atoms with Crippen molar-refractivity contribution in [2.24, 2.45) is 0 Å². The van der Waals surface area contributed by atoms with Gasteiger partial charge in [0.05, 0.1) is 10.0 Å². The molecule has 0 aliphatic rings. The highest BCUT2D eigenvalue weighted by Crippen LogP contribution is 2.33. The summed E-state index contributed by atoms with van der Waals surface area (Å²) < 4.78 is 2.28. The van der Waals surface area contributed by atoms with E-state index in [0.717, 1.165) is 12.3 Å². The molecular weight excluding hydrogens is 321 g/mol. The van der Waals surface area contributed by atoms with Gasteiger partial charge in [0.2, 0.25) is 0 Å². The van der Waals surface area contributed by atoms with Crippen LogP contribution in [0.2, 0.25) is 10.0 Å². The van der Waals surface area contributed by atoms with Crippen LogP contribution in [0.4, 0.5) is 0 Å². The number of nitrogens with zero attached hydrogens (tertiary/aromatic N) is 1. The summed E-state index contributed by atoms with van der Waals surface area (Å²) in [5.74, 6) is 0.884. The molecule has 0 saturated heterocycles. The van der Waals surface area contributed by atoms with Crippen molar-refractivity contribution >= 4 is 45.9 Å². The predicted octanol–water partition coefficient (Wildman–Crippen LogP) is 6.26. The number of hydrogen-bond acceptors (Lipinski definition) is 1. The Morgan fingerprint density at radius 2 is 1.86 bits per heavy atom. The topological polar surface area (TPSA) is 4.93 Å². The van der Waals surface area contributed by atoms with Crippen molar-refractivity contribution < 1.29 is 0 Å². The van der Waals surface area contributed by atoms with Gasteiger partial charge in [-0.25, -0.2) is 0 Å². The predicted molar refractivity (Wildman–Crippen MR) is 93.6 cm³/mol. The molecule has 0 radical (unpaired) electrons. The quantitative estimate of drug-likeness (QED) is 0.509. The Balaban J connectivity index is 1.86. The van der Waals surface area contributed by atoms with Gasteiger partial charge in [0.1, 0.15) is 0 Å². The number of halogens is 2. The Morgan fingerprint density at radius 1 is 1.05 bits per heavy atom. The van der Waals surface area contributed by atoms with E-state index in [0.29, 0.717) is 10.0 Å². The third-order valence-corrected chi connectivity index (χ3v) is 5.32. The van der Waals surface area contributed by atoms with Crippen molar-refractivity contribution in [1.82, 2.24) is 4.57 Å². The lowest BCUT2D eigenvalue weighted by atomic mass is 10.2. The molecule has 0 atom stereocenters. The van der Waals surface area contributed by atoms with Gasteiger partial charge in [-0.3, -0.25) is 0 Å². The molecular formula is C17H15Cl2NS. The zero-order valence-corrected chi connectivity index (χ0v) is 14.0. The molecule has 0 N–H and O–H groups in total. The molecule has 0 bridgehead atoms. The molecule has 0 aliphatic heterocycles. The van der Waals surface area contributed by atoms with E-state index in [1.165, 1.54) is 21.4 Å². The number of aromatic nitrogens is 1. The summed E-state index contributed by atoms with van der Waals surface area (Å²) in [6.07, 6.45) is 2.23. The van der Waals surface area contributed by atoms with Crippen molar-refractivity contribution in [2.45, 2.75) is 24.1 Å². The van der Waals surface area contributed by atoms with E-state index in [2.05, 4.69) is 42.0 Å². The van der Waals surface area contributed by atoms with Crippen molar-refractivity contribution in [3.8, 4) is 0 Å². The number of aryl methyl sites for hydroxylation is 1. The lowest BCUT2D eigenvalue weighted by Gasteiger charge is -2.03. The van der Waals surface area contributed by atoms with Crippen LogP contribution in [0.3, 0.4) is 0 Å². The molecule has 1 nitrogen and oxygen atoms in total. The second-order valence-corrected chi connectivity index (χ2v) is 6.67. The summed E-state index contributed by atoms with van der Waals surface area (Å²) in [6, 6.07) is 14.3. The van der Waals surface area contributed by atoms with E-state index in [4.69, 9.17) is 23.2 Å². The highest BCUT2D eigenvalue weighted by molar-refractivity contribution is 7.98. The molecule has 21 heavy (non-hydrogen) atoms. The average Bonchev–Trinajstić information content (AvgIpc) is 2.87. The van der Waals surface area contributed by atoms with Gasteiger partial charge >= 0.3 is 0 Å². The Kier molecular flexibility index (Phi) is 4.48. The standard InChI is InChI=1S/C17H15Cl2NS/c1-2-20-10-17(13-5-3-4-6-16(13)20)21-11-12-7-8-14(18)15(19)9-12/h3-10H,2,11H2,1H3. The largest absolute Gasteiger partial charge is 0.347 e. The van der Waals surface area contributed by atoms with Crippen molar-refractivity contribution in [1.29, 1.82) is 0 Å². The van der Waals surface area contributed by atoms with Gasteiger partial charge in [-0.15, -0.1) is 11.8 Å². The highest BCUT2D eigenvalue weighted by atomic mass is 35.5. The van der Waals surface area contributed by atoms with E-state index >= 15 is 0 Å². The minimum Gasteiger partial charge on any atom is -0.347 e. The molecule has 0 fully saturated rings. The molecule has 3 aromatic rings. The molecule has 108 valence electrons. The van der Waals surface area contributed by atoms with E-state index in [1.54, 1.807) is 0 Å². The Hall–Kier alpha value is -1.09. The smallest absolute Gasteiger partial charge is 0.0595 e. The second kappa shape index (κ2) is 6.35. The van der Waals surface area contributed by atoms with Gasteiger partial charge in [0, 0.05) is 34.3 Å². The maximum atomic E-state index is 6.07. The molecule has 1 heterocycles. The maximum absolute atomic E-state index is 6.07. The van der Waals surface area contributed by atoms with Crippen LogP contribution in [0, 0.1) is 0 Å². The number of para-hydroxylation sites is 1. The fraction of sp³-hybridized carbons (Fsp3) is 0.176. The van der Waals surface area contributed by atoms with Crippen LogP contribution in [-0.4, -0.2) is 4.57 Å². The Labute approximate surface area is 138 Å². The lowest BCUT2D eigenvalue weighted by molar-refractivity contribution is 0.792. The van der Waals surface area contributed by atoms with Gasteiger partial charge in [0.25, 0.3) is 0 Å². The van der Waals surface area contributed by atoms with E-state index in [9.17, 15) is 0 Å². The Morgan fingerprint density at radius 3 is 2.62 bits per heavy atom. The molecule has 2 aromatic carbocycles. The van der Waals surface area contributed by atoms with Crippen LogP contribution in [0.15, 0.2) is 53.6 Å². The van der Waals surface area contributed by atoms with Crippen molar-refractivity contribution in [2.75, 3.05) is 0 Å². The van der Waals surface area contributed by atoms with Crippen LogP contribution in [-0.2, 0) is 12.3 Å². The summed E-state index contributed by atoms with van der Waals surface area (Å²) in [7, 11) is 0. The van der Waals surface area contributed by atoms with Gasteiger partial charge in [-0.2, -0.15) is 0 Å². The minimum absolute atomic E-state index is 0.605. The van der Waals surface area contributed by atoms with Gasteiger partial charge in [-0.1, -0.05) is 47.5 Å². The molecule has 0 aliphatic carbocycles. The van der Waals surface area contributed by atoms with Crippen LogP contribution < -0.4 is 0 Å². The summed E-state index contributed by atoms with van der Waals surface area (Å²) in [5.41, 5.74) is 2.47. The molecule has 3 rings (SSSR count). The van der Waals surface area contributed by atoms with Gasteiger partial charge in [-0.05, 0) is 30.7 Å². The van der Waals surface area contributed by atoms with E-state index < -0.39 is 0 Å². The van der Waals surface area contributed by atoms with Crippen molar-refractivity contribution in [3.63, 3.8) is 0 Å². The number of rotatable bonds is 4. The fourth-order valence-corrected chi connectivity index (χ4v) is 3.73. The van der Waals surface area contributed by atoms with Gasteiger partial charge < -0.3 is 4.57 Å². The van der Waals surface area contributed by atoms with Crippen LogP contribution in [0.5, 0.6) is 0 Å². The molecule has 0 saturated carbocycles. The first-order valence-electron chi connectivity index (χ1n) is 6.83. The lowest BCUT2D eigenvalue weighted by Crippen LogP contribution is -1.89. The summed E-state index contributed by atoms with van der Waals surface area (Å²) in [6.45, 7) is 3.15. The molecule has 4 heteroatoms. The SMILES string of the molecule is CCn1cc(SCc2ccc(Cl)c(Cl)c2)c2ccccc21. The molecule has 0 unspecified atom stereocenters. The molecule has 1 aromatic heterocycles. The number of benzene rings is 2. The third-order valence-electron chi connectivity index (χ3n) is 3.47. The van der Waals surface area contributed by atoms with Crippen LogP contribution in [0.1, 0.15) is 12.5 Å². The molecule has 0 amide bonds. The normalized spacial score (nSPS) is 11.2. The first-order valence-corrected chi connectivity index (χ1v) is 8.58. The monoisotopic (exact) mass is 335 g/mol.